The fourth-order valence-corrected chi connectivity index (χ4v) is 4.13. The summed E-state index contributed by atoms with van der Waals surface area (Å²) < 4.78 is 0. The first-order valence-corrected chi connectivity index (χ1v) is 9.01. The van der Waals surface area contributed by atoms with Crippen LogP contribution in [0.1, 0.15) is 43.0 Å². The molecule has 1 aromatic heterocycles. The second kappa shape index (κ2) is 6.47. The van der Waals surface area contributed by atoms with Gasteiger partial charge in [0, 0.05) is 0 Å². The summed E-state index contributed by atoms with van der Waals surface area (Å²) in [6.07, 6.45) is 2.91. The van der Waals surface area contributed by atoms with Crippen LogP contribution in [-0.2, 0) is 9.59 Å². The molecule has 1 aliphatic carbocycles. The number of primary amides is 1. The van der Waals surface area contributed by atoms with Gasteiger partial charge in [-0.05, 0) is 43.0 Å². The lowest BCUT2D eigenvalue weighted by molar-refractivity contribution is -0.135. The van der Waals surface area contributed by atoms with Crippen molar-refractivity contribution in [3.05, 3.63) is 17.0 Å². The summed E-state index contributed by atoms with van der Waals surface area (Å²) in [5.74, 6) is -1.02. The lowest BCUT2D eigenvalue weighted by Gasteiger charge is -2.33. The van der Waals surface area contributed by atoms with E-state index in [1.807, 2.05) is 0 Å². The van der Waals surface area contributed by atoms with Gasteiger partial charge in [-0.3, -0.25) is 19.3 Å². The zero-order valence-corrected chi connectivity index (χ0v) is 14.6. The first-order chi connectivity index (χ1) is 11.8. The molecule has 134 valence electrons. The summed E-state index contributed by atoms with van der Waals surface area (Å²) in [7, 11) is 0. The Morgan fingerprint density at radius 1 is 1.40 bits per heavy atom. The molecule has 2 heterocycles. The van der Waals surface area contributed by atoms with Crippen molar-refractivity contribution in [1.29, 1.82) is 0 Å². The normalized spacial score (nSPS) is 26.0. The highest BCUT2D eigenvalue weighted by atomic mass is 32.1. The molecule has 1 spiro atoms. The van der Waals surface area contributed by atoms with Gasteiger partial charge < -0.3 is 16.4 Å². The van der Waals surface area contributed by atoms with E-state index in [1.165, 1.54) is 6.07 Å². The van der Waals surface area contributed by atoms with Crippen molar-refractivity contribution in [3.8, 4) is 0 Å². The first-order valence-electron chi connectivity index (χ1n) is 8.13. The average molecular weight is 364 g/mol. The SMILES string of the molecule is CC1CCC2(CC1)NC(=O)N(CC(=O)Nc1sccc1C(N)=O)C2=O. The Morgan fingerprint density at radius 2 is 2.08 bits per heavy atom. The number of urea groups is 1. The quantitative estimate of drug-likeness (QED) is 0.697. The maximum atomic E-state index is 12.7. The Labute approximate surface area is 148 Å². The number of anilines is 1. The van der Waals surface area contributed by atoms with Crippen LogP contribution >= 0.6 is 11.3 Å². The Balaban J connectivity index is 1.67. The van der Waals surface area contributed by atoms with Gasteiger partial charge in [-0.1, -0.05) is 6.92 Å². The Hall–Kier alpha value is -2.42. The third-order valence-electron chi connectivity index (χ3n) is 4.86. The van der Waals surface area contributed by atoms with E-state index in [2.05, 4.69) is 17.6 Å². The molecule has 2 fully saturated rings. The molecule has 8 nitrogen and oxygen atoms in total. The van der Waals surface area contributed by atoms with Crippen molar-refractivity contribution in [3.63, 3.8) is 0 Å². The van der Waals surface area contributed by atoms with Gasteiger partial charge in [0.15, 0.2) is 0 Å². The molecule has 25 heavy (non-hydrogen) atoms. The zero-order valence-electron chi connectivity index (χ0n) is 13.8. The van der Waals surface area contributed by atoms with E-state index >= 15 is 0 Å². The van der Waals surface area contributed by atoms with E-state index in [9.17, 15) is 19.2 Å². The minimum absolute atomic E-state index is 0.202. The van der Waals surface area contributed by atoms with E-state index in [4.69, 9.17) is 5.73 Å². The highest BCUT2D eigenvalue weighted by molar-refractivity contribution is 7.14. The minimum Gasteiger partial charge on any atom is -0.366 e. The first kappa shape index (κ1) is 17.4. The number of carbonyl (C=O) groups is 4. The Kier molecular flexibility index (Phi) is 4.51. The molecule has 5 amide bonds. The van der Waals surface area contributed by atoms with E-state index in [0.717, 1.165) is 29.1 Å². The van der Waals surface area contributed by atoms with Crippen LogP contribution in [0.25, 0.3) is 0 Å². The number of imide groups is 1. The number of hydrogen-bond donors (Lipinski definition) is 3. The molecule has 0 unspecified atom stereocenters. The molecule has 3 rings (SSSR count). The van der Waals surface area contributed by atoms with Crippen molar-refractivity contribution in [1.82, 2.24) is 10.2 Å². The van der Waals surface area contributed by atoms with Crippen LogP contribution in [-0.4, -0.2) is 40.7 Å². The molecule has 1 saturated heterocycles. The van der Waals surface area contributed by atoms with Crippen LogP contribution in [0.5, 0.6) is 0 Å². The summed E-state index contributed by atoms with van der Waals surface area (Å²) in [5.41, 5.74) is 4.57. The van der Waals surface area contributed by atoms with Crippen LogP contribution in [0, 0.1) is 5.92 Å². The van der Waals surface area contributed by atoms with E-state index in [-0.39, 0.29) is 11.5 Å². The van der Waals surface area contributed by atoms with Gasteiger partial charge in [0.25, 0.3) is 11.8 Å². The number of nitrogens with zero attached hydrogens (tertiary/aromatic N) is 1. The molecule has 0 atom stereocenters. The number of carbonyl (C=O) groups excluding carboxylic acids is 4. The van der Waals surface area contributed by atoms with Crippen molar-refractivity contribution < 1.29 is 19.2 Å². The Bertz CT molecular complexity index is 736. The standard InChI is InChI=1S/C16H20N4O4S/c1-9-2-5-16(6-3-9)14(23)20(15(24)19-16)8-11(21)18-13-10(12(17)22)4-7-25-13/h4,7,9H,2-3,5-6,8H2,1H3,(H2,17,22)(H,18,21)(H,19,24). The molecule has 4 N–H and O–H groups in total. The monoisotopic (exact) mass is 364 g/mol. The number of hydrogen-bond acceptors (Lipinski definition) is 5. The number of thiophene rings is 1. The van der Waals surface area contributed by atoms with Gasteiger partial charge >= 0.3 is 6.03 Å². The fourth-order valence-electron chi connectivity index (χ4n) is 3.32. The Morgan fingerprint density at radius 3 is 2.72 bits per heavy atom. The minimum atomic E-state index is -0.870. The maximum Gasteiger partial charge on any atom is 0.325 e. The zero-order chi connectivity index (χ0) is 18.2. The van der Waals surface area contributed by atoms with Gasteiger partial charge in [0.2, 0.25) is 5.91 Å². The van der Waals surface area contributed by atoms with E-state index < -0.39 is 29.9 Å². The highest BCUT2D eigenvalue weighted by Gasteiger charge is 2.52. The van der Waals surface area contributed by atoms with Crippen molar-refractivity contribution in [2.45, 2.75) is 38.1 Å². The van der Waals surface area contributed by atoms with Gasteiger partial charge in [-0.25, -0.2) is 4.79 Å². The van der Waals surface area contributed by atoms with Crippen molar-refractivity contribution >= 4 is 40.1 Å². The second-order valence-corrected chi connectivity index (χ2v) is 7.58. The highest BCUT2D eigenvalue weighted by Crippen LogP contribution is 2.36. The van der Waals surface area contributed by atoms with Crippen LogP contribution in [0.4, 0.5) is 9.80 Å². The van der Waals surface area contributed by atoms with E-state index in [0.29, 0.717) is 23.8 Å². The number of rotatable bonds is 4. The summed E-state index contributed by atoms with van der Waals surface area (Å²) in [5, 5.41) is 7.25. The molecule has 2 aliphatic rings. The van der Waals surface area contributed by atoms with Crippen molar-refractivity contribution in [2.24, 2.45) is 11.7 Å². The number of nitrogens with two attached hydrogens (primary N) is 1. The molecule has 1 aromatic rings. The molecule has 1 aliphatic heterocycles. The average Bonchev–Trinajstić information content (AvgIpc) is 3.10. The van der Waals surface area contributed by atoms with Crippen molar-refractivity contribution in [2.75, 3.05) is 11.9 Å². The third-order valence-corrected chi connectivity index (χ3v) is 5.69. The lowest BCUT2D eigenvalue weighted by atomic mass is 9.77. The topological polar surface area (TPSA) is 122 Å². The van der Waals surface area contributed by atoms with Gasteiger partial charge in [0.1, 0.15) is 17.1 Å². The maximum absolute atomic E-state index is 12.7. The summed E-state index contributed by atoms with van der Waals surface area (Å²) in [6, 6.07) is 0.963. The predicted octanol–water partition coefficient (Wildman–Crippen LogP) is 1.29. The number of nitrogens with one attached hydrogen (secondary N) is 2. The van der Waals surface area contributed by atoms with Crippen LogP contribution in [0.3, 0.4) is 0 Å². The van der Waals surface area contributed by atoms with Gasteiger partial charge in [-0.2, -0.15) is 0 Å². The molecular formula is C16H20N4O4S. The molecule has 9 heteroatoms. The summed E-state index contributed by atoms with van der Waals surface area (Å²) in [4.78, 5) is 49.4. The van der Waals surface area contributed by atoms with Crippen LogP contribution in [0.15, 0.2) is 11.4 Å². The second-order valence-electron chi connectivity index (χ2n) is 6.66. The van der Waals surface area contributed by atoms with Crippen LogP contribution in [0.2, 0.25) is 0 Å². The molecule has 1 saturated carbocycles. The summed E-state index contributed by atoms with van der Waals surface area (Å²) >= 11 is 1.15. The van der Waals surface area contributed by atoms with E-state index in [1.54, 1.807) is 5.38 Å². The molecule has 0 aromatic carbocycles. The van der Waals surface area contributed by atoms with Gasteiger partial charge in [0.05, 0.1) is 5.56 Å². The largest absolute Gasteiger partial charge is 0.366 e. The molecule has 0 radical (unpaired) electrons. The molecule has 0 bridgehead atoms. The predicted molar refractivity (Wildman–Crippen MR) is 92.1 cm³/mol. The fraction of sp³-hybridized carbons (Fsp3) is 0.500. The third kappa shape index (κ3) is 3.23. The van der Waals surface area contributed by atoms with Crippen LogP contribution < -0.4 is 16.4 Å². The molecular weight excluding hydrogens is 344 g/mol. The summed E-state index contributed by atoms with van der Waals surface area (Å²) in [6.45, 7) is 1.73. The smallest absolute Gasteiger partial charge is 0.325 e. The number of amides is 5. The van der Waals surface area contributed by atoms with Gasteiger partial charge in [-0.15, -0.1) is 11.3 Å². The lowest BCUT2D eigenvalue weighted by Crippen LogP contribution is -2.49.